The Kier molecular flexibility index (Phi) is 27.2. The minimum absolute atomic E-state index is 0.143. The van der Waals surface area contributed by atoms with E-state index in [0.717, 1.165) is 19.3 Å². The van der Waals surface area contributed by atoms with Crippen molar-refractivity contribution in [2.24, 2.45) is 0 Å². The van der Waals surface area contributed by atoms with Gasteiger partial charge in [-0.1, -0.05) is 149 Å². The zero-order chi connectivity index (χ0) is 24.2. The second kappa shape index (κ2) is 27.7. The molecule has 0 saturated heterocycles. The lowest BCUT2D eigenvalue weighted by Gasteiger charge is -2.16. The molecular formula is C30H60O3. The molecule has 3 heteroatoms. The molecule has 1 unspecified atom stereocenters. The summed E-state index contributed by atoms with van der Waals surface area (Å²) in [4.78, 5) is 12.4. The van der Waals surface area contributed by atoms with Crippen LogP contribution in [-0.2, 0) is 14.3 Å². The Morgan fingerprint density at radius 3 is 1.27 bits per heavy atom. The molecule has 198 valence electrons. The van der Waals surface area contributed by atoms with Crippen molar-refractivity contribution in [1.82, 2.24) is 0 Å². The SMILES string of the molecule is CCCCCCCCCCCCCCOC(=O)C(CCCCCCCCCCCC)OCC. The lowest BCUT2D eigenvalue weighted by atomic mass is 10.0. The average molecular weight is 469 g/mol. The monoisotopic (exact) mass is 468 g/mol. The van der Waals surface area contributed by atoms with Gasteiger partial charge in [-0.2, -0.15) is 0 Å². The van der Waals surface area contributed by atoms with Gasteiger partial charge in [0.05, 0.1) is 6.61 Å². The fourth-order valence-corrected chi connectivity index (χ4v) is 4.50. The van der Waals surface area contributed by atoms with Crippen molar-refractivity contribution in [3.63, 3.8) is 0 Å². The van der Waals surface area contributed by atoms with E-state index in [9.17, 15) is 4.79 Å². The predicted molar refractivity (Wildman–Crippen MR) is 144 cm³/mol. The Bertz CT molecular complexity index is 383. The van der Waals surface area contributed by atoms with E-state index in [0.29, 0.717) is 13.2 Å². The Morgan fingerprint density at radius 1 is 0.515 bits per heavy atom. The Balaban J connectivity index is 3.55. The third-order valence-electron chi connectivity index (χ3n) is 6.69. The molecule has 33 heavy (non-hydrogen) atoms. The van der Waals surface area contributed by atoms with Crippen molar-refractivity contribution in [2.75, 3.05) is 13.2 Å². The minimum Gasteiger partial charge on any atom is -0.464 e. The maximum absolute atomic E-state index is 12.4. The molecule has 1 atom stereocenters. The molecule has 0 aliphatic heterocycles. The van der Waals surface area contributed by atoms with Gasteiger partial charge in [0, 0.05) is 6.61 Å². The summed E-state index contributed by atoms with van der Waals surface area (Å²) >= 11 is 0. The van der Waals surface area contributed by atoms with Crippen LogP contribution in [0.15, 0.2) is 0 Å². The standard InChI is InChI=1S/C30H60O3/c1-4-7-9-11-13-15-17-18-20-22-24-26-28-33-30(31)29(32-6-3)27-25-23-21-19-16-14-12-10-8-5-2/h29H,4-28H2,1-3H3. The van der Waals surface area contributed by atoms with Crippen LogP contribution in [0.5, 0.6) is 0 Å². The number of unbranched alkanes of at least 4 members (excludes halogenated alkanes) is 20. The fourth-order valence-electron chi connectivity index (χ4n) is 4.50. The molecule has 0 rings (SSSR count). The van der Waals surface area contributed by atoms with E-state index in [1.54, 1.807) is 0 Å². The van der Waals surface area contributed by atoms with Crippen LogP contribution in [0.1, 0.15) is 168 Å². The molecule has 0 radical (unpaired) electrons. The molecule has 3 nitrogen and oxygen atoms in total. The van der Waals surface area contributed by atoms with Gasteiger partial charge < -0.3 is 9.47 Å². The highest BCUT2D eigenvalue weighted by Gasteiger charge is 2.19. The van der Waals surface area contributed by atoms with E-state index in [1.807, 2.05) is 6.92 Å². The number of rotatable bonds is 27. The maximum atomic E-state index is 12.4. The predicted octanol–water partition coefficient (Wildman–Crippen LogP) is 9.95. The number of ether oxygens (including phenoxy) is 2. The van der Waals surface area contributed by atoms with Crippen LogP contribution in [0.25, 0.3) is 0 Å². The second-order valence-electron chi connectivity index (χ2n) is 9.97. The van der Waals surface area contributed by atoms with Crippen LogP contribution in [-0.4, -0.2) is 25.3 Å². The number of hydrogen-bond donors (Lipinski definition) is 0. The normalized spacial score (nSPS) is 12.2. The summed E-state index contributed by atoms with van der Waals surface area (Å²) < 4.78 is 11.2. The van der Waals surface area contributed by atoms with Crippen LogP contribution < -0.4 is 0 Å². The molecule has 0 aromatic carbocycles. The molecule has 0 spiro atoms. The van der Waals surface area contributed by atoms with Crippen LogP contribution in [0.3, 0.4) is 0 Å². The van der Waals surface area contributed by atoms with E-state index < -0.39 is 0 Å². The molecule has 0 saturated carbocycles. The minimum atomic E-state index is -0.360. The van der Waals surface area contributed by atoms with Gasteiger partial charge in [0.15, 0.2) is 6.10 Å². The van der Waals surface area contributed by atoms with Crippen molar-refractivity contribution >= 4 is 5.97 Å². The number of hydrogen-bond acceptors (Lipinski definition) is 3. The van der Waals surface area contributed by atoms with Crippen molar-refractivity contribution in [2.45, 2.75) is 175 Å². The molecule has 0 fully saturated rings. The first kappa shape index (κ1) is 32.4. The lowest BCUT2D eigenvalue weighted by molar-refractivity contribution is -0.157. The van der Waals surface area contributed by atoms with Crippen molar-refractivity contribution in [3.8, 4) is 0 Å². The summed E-state index contributed by atoms with van der Waals surface area (Å²) in [5.41, 5.74) is 0. The van der Waals surface area contributed by atoms with Crippen molar-refractivity contribution in [3.05, 3.63) is 0 Å². The van der Waals surface area contributed by atoms with Crippen molar-refractivity contribution in [1.29, 1.82) is 0 Å². The van der Waals surface area contributed by atoms with E-state index >= 15 is 0 Å². The first-order chi connectivity index (χ1) is 16.3. The third-order valence-corrected chi connectivity index (χ3v) is 6.69. The number of carbonyl (C=O) groups is 1. The van der Waals surface area contributed by atoms with E-state index in [1.165, 1.54) is 128 Å². The van der Waals surface area contributed by atoms with Gasteiger partial charge in [0.2, 0.25) is 0 Å². The van der Waals surface area contributed by atoms with Gasteiger partial charge >= 0.3 is 5.97 Å². The highest BCUT2D eigenvalue weighted by Crippen LogP contribution is 2.15. The van der Waals surface area contributed by atoms with Crippen LogP contribution in [0.4, 0.5) is 0 Å². The highest BCUT2D eigenvalue weighted by molar-refractivity contribution is 5.74. The average Bonchev–Trinajstić information content (AvgIpc) is 2.82. The Labute approximate surface area is 208 Å². The molecule has 0 aliphatic carbocycles. The van der Waals surface area contributed by atoms with Crippen LogP contribution in [0.2, 0.25) is 0 Å². The molecular weight excluding hydrogens is 408 g/mol. The maximum Gasteiger partial charge on any atom is 0.335 e. The molecule has 0 amide bonds. The summed E-state index contributed by atoms with van der Waals surface area (Å²) in [6.07, 6.45) is 29.4. The van der Waals surface area contributed by atoms with Crippen LogP contribution in [0, 0.1) is 0 Å². The van der Waals surface area contributed by atoms with Crippen LogP contribution >= 0.6 is 0 Å². The summed E-state index contributed by atoms with van der Waals surface area (Å²) in [6, 6.07) is 0. The quantitative estimate of drug-likeness (QED) is 0.0888. The highest BCUT2D eigenvalue weighted by atomic mass is 16.6. The molecule has 0 heterocycles. The number of esters is 1. The van der Waals surface area contributed by atoms with Gasteiger partial charge in [-0.3, -0.25) is 0 Å². The zero-order valence-corrected chi connectivity index (χ0v) is 23.0. The van der Waals surface area contributed by atoms with E-state index in [2.05, 4.69) is 13.8 Å². The molecule has 0 bridgehead atoms. The van der Waals surface area contributed by atoms with E-state index in [-0.39, 0.29) is 12.1 Å². The molecule has 0 N–H and O–H groups in total. The largest absolute Gasteiger partial charge is 0.464 e. The third kappa shape index (κ3) is 24.4. The van der Waals surface area contributed by atoms with E-state index in [4.69, 9.17) is 9.47 Å². The van der Waals surface area contributed by atoms with Gasteiger partial charge in [0.1, 0.15) is 0 Å². The number of carbonyl (C=O) groups excluding carboxylic acids is 1. The zero-order valence-electron chi connectivity index (χ0n) is 23.0. The molecule has 0 aliphatic rings. The Morgan fingerprint density at radius 2 is 0.879 bits per heavy atom. The first-order valence-electron chi connectivity index (χ1n) is 15.0. The smallest absolute Gasteiger partial charge is 0.335 e. The van der Waals surface area contributed by atoms with Gasteiger partial charge in [0.25, 0.3) is 0 Å². The fraction of sp³-hybridized carbons (Fsp3) is 0.967. The van der Waals surface area contributed by atoms with Gasteiger partial charge in [-0.25, -0.2) is 4.79 Å². The molecule has 0 aromatic heterocycles. The summed E-state index contributed by atoms with van der Waals surface area (Å²) in [7, 11) is 0. The summed E-state index contributed by atoms with van der Waals surface area (Å²) in [5.74, 6) is -0.143. The van der Waals surface area contributed by atoms with Gasteiger partial charge in [-0.05, 0) is 19.8 Å². The molecule has 0 aromatic rings. The Hall–Kier alpha value is -0.570. The second-order valence-corrected chi connectivity index (χ2v) is 9.97. The van der Waals surface area contributed by atoms with Gasteiger partial charge in [-0.15, -0.1) is 0 Å². The lowest BCUT2D eigenvalue weighted by Crippen LogP contribution is -2.27. The topological polar surface area (TPSA) is 35.5 Å². The summed E-state index contributed by atoms with van der Waals surface area (Å²) in [6.45, 7) is 7.64. The first-order valence-corrected chi connectivity index (χ1v) is 15.0. The van der Waals surface area contributed by atoms with Crippen molar-refractivity contribution < 1.29 is 14.3 Å². The summed E-state index contributed by atoms with van der Waals surface area (Å²) in [5, 5.41) is 0.